The molecule has 1 N–H and O–H groups in total. The summed E-state index contributed by atoms with van der Waals surface area (Å²) in [6.45, 7) is 2.13. The third kappa shape index (κ3) is 3.41. The highest BCUT2D eigenvalue weighted by atomic mass is 32.2. The van der Waals surface area contributed by atoms with Gasteiger partial charge in [-0.15, -0.1) is 0 Å². The Morgan fingerprint density at radius 3 is 2.29 bits per heavy atom. The van der Waals surface area contributed by atoms with Gasteiger partial charge in [-0.2, -0.15) is 22.7 Å². The van der Waals surface area contributed by atoms with Gasteiger partial charge in [-0.25, -0.2) is 0 Å². The van der Waals surface area contributed by atoms with Gasteiger partial charge in [-0.1, -0.05) is 13.3 Å². The molecule has 1 fully saturated rings. The lowest BCUT2D eigenvalue weighted by Gasteiger charge is -2.35. The fraction of sp³-hybridized carbons (Fsp3) is 0.909. The number of hydrogen-bond acceptors (Lipinski definition) is 3. The van der Waals surface area contributed by atoms with Crippen LogP contribution in [-0.2, 0) is 10.2 Å². The van der Waals surface area contributed by atoms with E-state index in [1.807, 2.05) is 0 Å². The van der Waals surface area contributed by atoms with Crippen molar-refractivity contribution in [1.82, 2.24) is 9.03 Å². The van der Waals surface area contributed by atoms with Gasteiger partial charge in [0.1, 0.15) is 5.54 Å². The number of rotatable bonds is 4. The van der Waals surface area contributed by atoms with Crippen LogP contribution < -0.4 is 4.72 Å². The molecule has 0 aromatic heterocycles. The topological polar surface area (TPSA) is 73.2 Å². The van der Waals surface area contributed by atoms with Gasteiger partial charge < -0.3 is 0 Å². The normalized spacial score (nSPS) is 30.2. The number of nitriles is 1. The SMILES string of the molecule is CCC1CCC(C#N)(NS(=O)(=O)N(C)C)CC1. The van der Waals surface area contributed by atoms with Gasteiger partial charge >= 0.3 is 0 Å². The number of nitrogens with one attached hydrogen (secondary N) is 1. The highest BCUT2D eigenvalue weighted by Crippen LogP contribution is 2.33. The first-order valence-electron chi connectivity index (χ1n) is 5.98. The second-order valence-corrected chi connectivity index (χ2v) is 6.82. The summed E-state index contributed by atoms with van der Waals surface area (Å²) in [4.78, 5) is 0. The van der Waals surface area contributed by atoms with Crippen LogP contribution in [0.1, 0.15) is 39.0 Å². The van der Waals surface area contributed by atoms with E-state index in [-0.39, 0.29) is 0 Å². The molecule has 0 unspecified atom stereocenters. The number of nitrogens with zero attached hydrogens (tertiary/aromatic N) is 2. The van der Waals surface area contributed by atoms with E-state index in [4.69, 9.17) is 0 Å². The molecule has 0 bridgehead atoms. The summed E-state index contributed by atoms with van der Waals surface area (Å²) in [6.07, 6.45) is 4.14. The summed E-state index contributed by atoms with van der Waals surface area (Å²) in [6, 6.07) is 2.16. The van der Waals surface area contributed by atoms with Crippen LogP contribution in [0.4, 0.5) is 0 Å². The second kappa shape index (κ2) is 5.34. The van der Waals surface area contributed by atoms with Gasteiger partial charge in [0.05, 0.1) is 6.07 Å². The molecule has 0 amide bonds. The van der Waals surface area contributed by atoms with E-state index < -0.39 is 15.7 Å². The Hall–Kier alpha value is -0.640. The molecule has 17 heavy (non-hydrogen) atoms. The summed E-state index contributed by atoms with van der Waals surface area (Å²) in [7, 11) is -0.605. The molecule has 0 aromatic rings. The first-order chi connectivity index (χ1) is 7.85. The van der Waals surface area contributed by atoms with E-state index >= 15 is 0 Å². The zero-order valence-corrected chi connectivity index (χ0v) is 11.5. The summed E-state index contributed by atoms with van der Waals surface area (Å²) in [5.74, 6) is 0.625. The Morgan fingerprint density at radius 1 is 1.41 bits per heavy atom. The summed E-state index contributed by atoms with van der Waals surface area (Å²) in [5, 5.41) is 9.25. The van der Waals surface area contributed by atoms with Gasteiger partial charge in [0.25, 0.3) is 10.2 Å². The van der Waals surface area contributed by atoms with Gasteiger partial charge in [0.15, 0.2) is 0 Å². The number of hydrogen-bond donors (Lipinski definition) is 1. The quantitative estimate of drug-likeness (QED) is 0.825. The molecule has 1 aliphatic rings. The third-order valence-corrected chi connectivity index (χ3v) is 5.17. The standard InChI is InChI=1S/C11H21N3O2S/c1-4-10-5-7-11(9-12,8-6-10)13-17(15,16)14(2)3/h10,13H,4-8H2,1-3H3. The van der Waals surface area contributed by atoms with Crippen LogP contribution in [0.2, 0.25) is 0 Å². The molecule has 0 heterocycles. The molecule has 0 aromatic carbocycles. The Labute approximate surface area is 104 Å². The Morgan fingerprint density at radius 2 is 1.94 bits per heavy atom. The maximum atomic E-state index is 11.8. The summed E-state index contributed by atoms with van der Waals surface area (Å²) in [5.41, 5.74) is -0.908. The Kier molecular flexibility index (Phi) is 4.53. The van der Waals surface area contributed by atoms with Crippen molar-refractivity contribution in [2.24, 2.45) is 5.92 Å². The van der Waals surface area contributed by atoms with Crippen molar-refractivity contribution in [2.75, 3.05) is 14.1 Å². The van der Waals surface area contributed by atoms with Crippen LogP contribution in [0, 0.1) is 17.2 Å². The lowest BCUT2D eigenvalue weighted by molar-refractivity contribution is 0.256. The van der Waals surface area contributed by atoms with Crippen LogP contribution in [0.25, 0.3) is 0 Å². The Balaban J connectivity index is 2.77. The van der Waals surface area contributed by atoms with Crippen LogP contribution in [-0.4, -0.2) is 32.4 Å². The summed E-state index contributed by atoms with van der Waals surface area (Å²) < 4.78 is 27.2. The minimum Gasteiger partial charge on any atom is -0.196 e. The lowest BCUT2D eigenvalue weighted by atomic mass is 9.77. The molecular weight excluding hydrogens is 238 g/mol. The maximum absolute atomic E-state index is 11.8. The van der Waals surface area contributed by atoms with E-state index in [0.29, 0.717) is 18.8 Å². The molecular formula is C11H21N3O2S. The highest BCUT2D eigenvalue weighted by Gasteiger charge is 2.38. The molecule has 0 spiro atoms. The fourth-order valence-corrected chi connectivity index (χ4v) is 3.08. The highest BCUT2D eigenvalue weighted by molar-refractivity contribution is 7.87. The van der Waals surface area contributed by atoms with Gasteiger partial charge in [0, 0.05) is 14.1 Å². The minimum atomic E-state index is -3.53. The van der Waals surface area contributed by atoms with Gasteiger partial charge in [0.2, 0.25) is 0 Å². The molecule has 5 nitrogen and oxygen atoms in total. The average Bonchev–Trinajstić information content (AvgIpc) is 2.29. The van der Waals surface area contributed by atoms with Crippen molar-refractivity contribution < 1.29 is 8.42 Å². The minimum absolute atomic E-state index is 0.606. The molecule has 0 aliphatic heterocycles. The van der Waals surface area contributed by atoms with Crippen LogP contribution >= 0.6 is 0 Å². The summed E-state index contributed by atoms with van der Waals surface area (Å²) >= 11 is 0. The van der Waals surface area contributed by atoms with Crippen LogP contribution in [0.3, 0.4) is 0 Å². The van der Waals surface area contributed by atoms with E-state index in [1.165, 1.54) is 14.1 Å². The fourth-order valence-electron chi connectivity index (χ4n) is 2.15. The molecule has 0 saturated heterocycles. The molecule has 98 valence electrons. The maximum Gasteiger partial charge on any atom is 0.280 e. The molecule has 1 aliphatic carbocycles. The monoisotopic (exact) mass is 259 g/mol. The molecule has 1 rings (SSSR count). The first kappa shape index (κ1) is 14.4. The zero-order valence-electron chi connectivity index (χ0n) is 10.7. The van der Waals surface area contributed by atoms with Crippen LogP contribution in [0.5, 0.6) is 0 Å². The van der Waals surface area contributed by atoms with Crippen LogP contribution in [0.15, 0.2) is 0 Å². The predicted molar refractivity (Wildman–Crippen MR) is 66.3 cm³/mol. The zero-order chi connectivity index (χ0) is 13.1. The van der Waals surface area contributed by atoms with E-state index in [1.54, 1.807) is 0 Å². The third-order valence-electron chi connectivity index (χ3n) is 3.56. The lowest BCUT2D eigenvalue weighted by Crippen LogP contribution is -2.52. The van der Waals surface area contributed by atoms with E-state index in [9.17, 15) is 13.7 Å². The van der Waals surface area contributed by atoms with Gasteiger partial charge in [-0.3, -0.25) is 0 Å². The molecule has 6 heteroatoms. The molecule has 0 radical (unpaired) electrons. The molecule has 1 saturated carbocycles. The van der Waals surface area contributed by atoms with Crippen molar-refractivity contribution in [3.05, 3.63) is 0 Å². The van der Waals surface area contributed by atoms with Crippen molar-refractivity contribution in [3.8, 4) is 6.07 Å². The predicted octanol–water partition coefficient (Wildman–Crippen LogP) is 1.24. The van der Waals surface area contributed by atoms with Crippen molar-refractivity contribution >= 4 is 10.2 Å². The van der Waals surface area contributed by atoms with Crippen molar-refractivity contribution in [1.29, 1.82) is 5.26 Å². The second-order valence-electron chi connectivity index (χ2n) is 4.94. The molecule has 0 atom stereocenters. The largest absolute Gasteiger partial charge is 0.280 e. The van der Waals surface area contributed by atoms with E-state index in [0.717, 1.165) is 23.6 Å². The first-order valence-corrected chi connectivity index (χ1v) is 7.42. The van der Waals surface area contributed by atoms with Crippen molar-refractivity contribution in [3.63, 3.8) is 0 Å². The van der Waals surface area contributed by atoms with Gasteiger partial charge in [-0.05, 0) is 31.6 Å². The van der Waals surface area contributed by atoms with E-state index in [2.05, 4.69) is 17.7 Å². The van der Waals surface area contributed by atoms with Crippen molar-refractivity contribution in [2.45, 2.75) is 44.6 Å². The average molecular weight is 259 g/mol. The Bertz CT molecular complexity index is 389. The smallest absolute Gasteiger partial charge is 0.196 e.